The molecule has 0 saturated heterocycles. The van der Waals surface area contributed by atoms with Crippen LogP contribution in [-0.2, 0) is 26.9 Å². The van der Waals surface area contributed by atoms with Gasteiger partial charge in [-0.25, -0.2) is 32.3 Å². The van der Waals surface area contributed by atoms with Gasteiger partial charge in [0.25, 0.3) is 17.7 Å². The molecule has 87 heavy (non-hydrogen) atoms. The molecule has 10 aromatic rings. The minimum Gasteiger partial charge on any atom is -0.491 e. The Labute approximate surface area is 490 Å². The molecule has 6 heterocycles. The van der Waals surface area contributed by atoms with Gasteiger partial charge < -0.3 is 48.0 Å². The second-order valence-corrected chi connectivity index (χ2v) is 19.0. The van der Waals surface area contributed by atoms with Crippen molar-refractivity contribution in [1.82, 2.24) is 34.4 Å². The highest BCUT2D eigenvalue weighted by Gasteiger charge is 2.27. The van der Waals surface area contributed by atoms with Crippen LogP contribution in [0.3, 0.4) is 0 Å². The average molecular weight is 1190 g/mol. The van der Waals surface area contributed by atoms with E-state index in [-0.39, 0.29) is 103 Å². The number of methoxy groups -OCH3 is 4. The number of ether oxygens (including phenoxy) is 6. The lowest BCUT2D eigenvalue weighted by Gasteiger charge is -2.15. The fourth-order valence-corrected chi connectivity index (χ4v) is 9.33. The van der Waals surface area contributed by atoms with Crippen LogP contribution in [0.2, 0.25) is 0 Å². The van der Waals surface area contributed by atoms with Gasteiger partial charge in [0, 0.05) is 83.0 Å². The number of rotatable bonds is 18. The number of amides is 1. The van der Waals surface area contributed by atoms with Gasteiger partial charge in [-0.1, -0.05) is 36.4 Å². The number of carboxylic acid groups (broad SMARTS) is 1. The molecule has 0 aliphatic heterocycles. The molecule has 0 spiro atoms. The summed E-state index contributed by atoms with van der Waals surface area (Å²) in [6.07, 6.45) is 4.66. The second kappa shape index (κ2) is 25.7. The van der Waals surface area contributed by atoms with Crippen molar-refractivity contribution in [2.45, 2.75) is 12.8 Å². The third-order valence-corrected chi connectivity index (χ3v) is 13.5. The van der Waals surface area contributed by atoms with Crippen LogP contribution >= 0.6 is 0 Å². The SMILES string of the molecule is CNC(=O)c1c(-c2ccc(F)cc2)c(=O)c(C(=O)Cc2ccc(Oc3ccnc4cc(OC)c(OC)nc34)c(F)c2)cn1C.COc1cc2nccc(Oc3ccc(CC(=O)c4cn(C)c(C(=O)O)c(-c5ccc(F)cc5)c4=O)cc3F)c2nc1OC. The van der Waals surface area contributed by atoms with E-state index in [1.165, 1.54) is 133 Å². The number of aryl methyl sites for hydroxylation is 2. The number of hydrogen-bond acceptors (Lipinski definition) is 16. The van der Waals surface area contributed by atoms with Crippen LogP contribution in [0.1, 0.15) is 52.8 Å². The molecule has 20 nitrogen and oxygen atoms in total. The number of nitrogens with one attached hydrogen (secondary N) is 1. The zero-order valence-electron chi connectivity index (χ0n) is 47.2. The number of halogens is 4. The Bertz CT molecular complexity index is 4500. The van der Waals surface area contributed by atoms with Crippen LogP contribution < -0.4 is 44.6 Å². The van der Waals surface area contributed by atoms with Crippen LogP contribution in [0.5, 0.6) is 46.3 Å². The fraction of sp³-hybridized carbons (Fsp3) is 0.143. The number of nitrogens with zero attached hydrogens (tertiary/aromatic N) is 6. The maximum atomic E-state index is 15.2. The van der Waals surface area contributed by atoms with Crippen molar-refractivity contribution in [3.05, 3.63) is 211 Å². The van der Waals surface area contributed by atoms with Crippen molar-refractivity contribution in [3.63, 3.8) is 0 Å². The van der Waals surface area contributed by atoms with Crippen LogP contribution in [0.4, 0.5) is 17.6 Å². The molecule has 0 bridgehead atoms. The topological polar surface area (TPSA) is 251 Å². The molecule has 1 amide bonds. The van der Waals surface area contributed by atoms with E-state index >= 15 is 8.78 Å². The van der Waals surface area contributed by atoms with Gasteiger partial charge in [0.05, 0.1) is 61.7 Å². The van der Waals surface area contributed by atoms with E-state index in [1.54, 1.807) is 12.1 Å². The normalized spacial score (nSPS) is 10.9. The minimum atomic E-state index is -1.40. The Morgan fingerprint density at radius 1 is 0.517 bits per heavy atom. The first-order chi connectivity index (χ1) is 41.7. The highest BCUT2D eigenvalue weighted by atomic mass is 19.1. The second-order valence-electron chi connectivity index (χ2n) is 19.0. The Morgan fingerprint density at radius 3 is 1.29 bits per heavy atom. The molecule has 4 aromatic carbocycles. The molecule has 10 rings (SSSR count). The predicted octanol–water partition coefficient (Wildman–Crippen LogP) is 10.1. The van der Waals surface area contributed by atoms with Gasteiger partial charge in [-0.2, -0.15) is 0 Å². The zero-order valence-corrected chi connectivity index (χ0v) is 47.2. The van der Waals surface area contributed by atoms with Crippen LogP contribution in [-0.4, -0.2) is 93.1 Å². The maximum Gasteiger partial charge on any atom is 0.353 e. The molecule has 0 aliphatic rings. The van der Waals surface area contributed by atoms with Crippen molar-refractivity contribution in [1.29, 1.82) is 0 Å². The first-order valence-corrected chi connectivity index (χ1v) is 25.9. The molecule has 0 atom stereocenters. The molecule has 6 aromatic heterocycles. The highest BCUT2D eigenvalue weighted by molar-refractivity contribution is 6.04. The molecule has 2 N–H and O–H groups in total. The molecule has 442 valence electrons. The van der Waals surface area contributed by atoms with Crippen LogP contribution in [0.25, 0.3) is 44.3 Å². The van der Waals surface area contributed by atoms with Gasteiger partial charge >= 0.3 is 5.97 Å². The molecular formula is C63H49F4N7O13. The summed E-state index contributed by atoms with van der Waals surface area (Å²) in [5.41, 5.74) is -0.326. The Balaban J connectivity index is 0.000000208. The van der Waals surface area contributed by atoms with Crippen LogP contribution in [0.15, 0.2) is 144 Å². The first kappa shape index (κ1) is 60.3. The summed E-state index contributed by atoms with van der Waals surface area (Å²) in [6.45, 7) is 0. The standard InChI is InChI=1S/C32H26F2N4O6.C31H23F2N3O7/c1-35-31(41)29-27(18-6-8-19(33)9-7-18)30(40)20(16-38(29)2)23(39)14-17-5-10-24(21(34)13-17)44-25-11-12-36-22-15-26(42-3)32(43-4)37-28(22)25;1-36-15-19(29(38)26(28(36)31(39)40)17-5-7-18(32)8-6-17)22(37)13-16-4-9-23(20(33)12-16)43-24-10-11-34-21-14-25(41-2)30(42-3)35-27(21)24/h5-13,15-16H,14H2,1-4H3,(H,35,41);4-12,14-15H,13H2,1-3H3,(H,39,40). The van der Waals surface area contributed by atoms with Crippen molar-refractivity contribution in [3.8, 4) is 68.5 Å². The van der Waals surface area contributed by atoms with Gasteiger partial charge in [-0.3, -0.25) is 33.9 Å². The lowest BCUT2D eigenvalue weighted by molar-refractivity contribution is 0.0685. The summed E-state index contributed by atoms with van der Waals surface area (Å²) < 4.78 is 92.6. The third-order valence-electron chi connectivity index (χ3n) is 13.5. The number of pyridine rings is 6. The van der Waals surface area contributed by atoms with E-state index in [0.717, 1.165) is 47.2 Å². The van der Waals surface area contributed by atoms with Crippen molar-refractivity contribution in [2.24, 2.45) is 14.1 Å². The summed E-state index contributed by atoms with van der Waals surface area (Å²) in [5, 5.41) is 12.2. The summed E-state index contributed by atoms with van der Waals surface area (Å²) in [4.78, 5) is 95.4. The van der Waals surface area contributed by atoms with E-state index in [0.29, 0.717) is 33.6 Å². The summed E-state index contributed by atoms with van der Waals surface area (Å²) in [5.74, 6) is -4.62. The number of aromatic carboxylic acids is 1. The molecule has 0 radical (unpaired) electrons. The summed E-state index contributed by atoms with van der Waals surface area (Å²) >= 11 is 0. The number of ketones is 2. The van der Waals surface area contributed by atoms with Gasteiger partial charge in [0.15, 0.2) is 57.7 Å². The largest absolute Gasteiger partial charge is 0.491 e. The van der Waals surface area contributed by atoms with E-state index in [9.17, 15) is 42.7 Å². The number of carbonyl (C=O) groups is 4. The number of hydrogen-bond donors (Lipinski definition) is 2. The smallest absolute Gasteiger partial charge is 0.353 e. The summed E-state index contributed by atoms with van der Waals surface area (Å²) in [7, 11) is 10.1. The van der Waals surface area contributed by atoms with Gasteiger partial charge in [0.2, 0.25) is 10.9 Å². The zero-order chi connectivity index (χ0) is 62.4. The lowest BCUT2D eigenvalue weighted by atomic mass is 9.96. The number of benzene rings is 4. The number of fused-ring (bicyclic) bond motifs is 2. The van der Waals surface area contributed by atoms with Crippen LogP contribution in [0, 0.1) is 23.3 Å². The quantitative estimate of drug-likeness (QED) is 0.0598. The number of aromatic nitrogens is 6. The van der Waals surface area contributed by atoms with Crippen molar-refractivity contribution in [2.75, 3.05) is 35.5 Å². The molecular weight excluding hydrogens is 1140 g/mol. The minimum absolute atomic E-state index is 0.00222. The Morgan fingerprint density at radius 2 is 0.920 bits per heavy atom. The maximum absolute atomic E-state index is 15.2. The first-order valence-electron chi connectivity index (χ1n) is 25.9. The molecule has 0 saturated carbocycles. The average Bonchev–Trinajstić information content (AvgIpc) is 1.04. The number of carbonyl (C=O) groups excluding carboxylic acids is 3. The van der Waals surface area contributed by atoms with E-state index < -0.39 is 57.6 Å². The van der Waals surface area contributed by atoms with Gasteiger partial charge in [0.1, 0.15) is 34.1 Å². The van der Waals surface area contributed by atoms with Gasteiger partial charge in [-0.05, 0) is 70.8 Å². The molecule has 24 heteroatoms. The summed E-state index contributed by atoms with van der Waals surface area (Å²) in [6, 6.07) is 23.9. The number of carboxylic acids is 1. The Kier molecular flexibility index (Phi) is 17.8. The molecule has 0 aliphatic carbocycles. The number of Topliss-reactive ketones (excluding diaryl/α,β-unsaturated/α-hetero) is 2. The van der Waals surface area contributed by atoms with E-state index in [2.05, 4.69) is 25.3 Å². The lowest BCUT2D eigenvalue weighted by Crippen LogP contribution is -2.30. The molecule has 0 unspecified atom stereocenters. The van der Waals surface area contributed by atoms with Crippen molar-refractivity contribution < 1.29 is 70.3 Å². The van der Waals surface area contributed by atoms with E-state index in [4.69, 9.17) is 28.4 Å². The van der Waals surface area contributed by atoms with E-state index in [1.807, 2.05) is 0 Å². The predicted molar refractivity (Wildman–Crippen MR) is 309 cm³/mol. The van der Waals surface area contributed by atoms with Gasteiger partial charge in [-0.15, -0.1) is 0 Å². The Hall–Kier alpha value is -11.3. The van der Waals surface area contributed by atoms with Crippen molar-refractivity contribution >= 4 is 45.5 Å². The highest BCUT2D eigenvalue weighted by Crippen LogP contribution is 2.37. The fourth-order valence-electron chi connectivity index (χ4n) is 9.33. The third kappa shape index (κ3) is 12.6. The molecule has 0 fully saturated rings. The monoisotopic (exact) mass is 1190 g/mol.